The SMILES string of the molecule is COc1ccc2c(c1)c(CCN(C)C)cn2C(=O)C(C)NC(=O)OC(C)(C)C. The maximum absolute atomic E-state index is 13.0. The second-order valence-corrected chi connectivity index (χ2v) is 8.17. The molecular weight excluding hydrogens is 358 g/mol. The van der Waals surface area contributed by atoms with Gasteiger partial charge >= 0.3 is 6.09 Å². The smallest absolute Gasteiger partial charge is 0.408 e. The summed E-state index contributed by atoms with van der Waals surface area (Å²) < 4.78 is 12.2. The molecule has 1 heterocycles. The fourth-order valence-electron chi connectivity index (χ4n) is 2.88. The van der Waals surface area contributed by atoms with Crippen molar-refractivity contribution >= 4 is 22.9 Å². The van der Waals surface area contributed by atoms with Gasteiger partial charge in [-0.3, -0.25) is 9.36 Å². The topological polar surface area (TPSA) is 72.8 Å². The summed E-state index contributed by atoms with van der Waals surface area (Å²) in [5.74, 6) is 0.515. The maximum Gasteiger partial charge on any atom is 0.408 e. The number of hydrogen-bond acceptors (Lipinski definition) is 5. The number of carbonyl (C=O) groups is 2. The molecule has 1 atom stereocenters. The molecule has 0 spiro atoms. The standard InChI is InChI=1S/C21H31N3O4/c1-14(22-20(26)28-21(2,3)4)19(25)24-13-15(10-11-23(5)6)17-12-16(27-7)8-9-18(17)24/h8-9,12-14H,10-11H2,1-7H3,(H,22,26). The van der Waals surface area contributed by atoms with Crippen LogP contribution in [0.5, 0.6) is 5.75 Å². The molecule has 0 radical (unpaired) electrons. The molecule has 0 saturated carbocycles. The molecule has 0 fully saturated rings. The zero-order valence-electron chi connectivity index (χ0n) is 17.8. The molecule has 1 amide bonds. The van der Waals surface area contributed by atoms with Crippen LogP contribution in [0, 0.1) is 0 Å². The Morgan fingerprint density at radius 3 is 2.50 bits per heavy atom. The highest BCUT2D eigenvalue weighted by atomic mass is 16.6. The van der Waals surface area contributed by atoms with Gasteiger partial charge in [0.1, 0.15) is 17.4 Å². The van der Waals surface area contributed by atoms with Crippen LogP contribution in [0.4, 0.5) is 4.79 Å². The Bertz CT molecular complexity index is 849. The number of alkyl carbamates (subject to hydrolysis) is 1. The Kier molecular flexibility index (Phi) is 6.72. The molecule has 154 valence electrons. The molecule has 2 aromatic rings. The molecule has 2 rings (SSSR count). The van der Waals surface area contributed by atoms with Crippen LogP contribution in [0.2, 0.25) is 0 Å². The van der Waals surface area contributed by atoms with Crippen LogP contribution in [-0.2, 0) is 11.2 Å². The fraction of sp³-hybridized carbons (Fsp3) is 0.524. The summed E-state index contributed by atoms with van der Waals surface area (Å²) in [5.41, 5.74) is 1.22. The van der Waals surface area contributed by atoms with Gasteiger partial charge in [-0.1, -0.05) is 0 Å². The number of likely N-dealkylation sites (N-methyl/N-ethyl adjacent to an activating group) is 1. The minimum atomic E-state index is -0.728. The van der Waals surface area contributed by atoms with Crippen LogP contribution < -0.4 is 10.1 Å². The van der Waals surface area contributed by atoms with Crippen molar-refractivity contribution in [2.24, 2.45) is 0 Å². The lowest BCUT2D eigenvalue weighted by Crippen LogP contribution is -2.43. The molecule has 0 aliphatic heterocycles. The molecule has 7 nitrogen and oxygen atoms in total. The average molecular weight is 389 g/mol. The van der Waals surface area contributed by atoms with Crippen LogP contribution in [-0.4, -0.2) is 60.9 Å². The average Bonchev–Trinajstić information content (AvgIpc) is 2.95. The van der Waals surface area contributed by atoms with Crippen molar-refractivity contribution in [3.63, 3.8) is 0 Å². The Labute approximate surface area is 166 Å². The van der Waals surface area contributed by atoms with Crippen molar-refractivity contribution in [1.29, 1.82) is 0 Å². The lowest BCUT2D eigenvalue weighted by molar-refractivity contribution is 0.0489. The monoisotopic (exact) mass is 389 g/mol. The Hall–Kier alpha value is -2.54. The van der Waals surface area contributed by atoms with E-state index in [0.717, 1.165) is 35.2 Å². The number of nitrogens with one attached hydrogen (secondary N) is 1. The van der Waals surface area contributed by atoms with E-state index in [-0.39, 0.29) is 5.91 Å². The van der Waals surface area contributed by atoms with Crippen molar-refractivity contribution in [2.45, 2.75) is 45.8 Å². The summed E-state index contributed by atoms with van der Waals surface area (Å²) in [6.07, 6.45) is 2.04. The maximum atomic E-state index is 13.0. The fourth-order valence-corrected chi connectivity index (χ4v) is 2.88. The number of benzene rings is 1. The first-order chi connectivity index (χ1) is 13.0. The van der Waals surface area contributed by atoms with E-state index in [1.807, 2.05) is 38.5 Å². The van der Waals surface area contributed by atoms with E-state index in [0.29, 0.717) is 0 Å². The van der Waals surface area contributed by atoms with E-state index >= 15 is 0 Å². The molecule has 1 N–H and O–H groups in total. The second kappa shape index (κ2) is 8.65. The molecule has 0 aliphatic carbocycles. The molecule has 0 saturated heterocycles. The number of fused-ring (bicyclic) bond motifs is 1. The summed E-state index contributed by atoms with van der Waals surface area (Å²) in [6.45, 7) is 7.85. The van der Waals surface area contributed by atoms with E-state index in [1.54, 1.807) is 39.4 Å². The highest BCUT2D eigenvalue weighted by Crippen LogP contribution is 2.27. The van der Waals surface area contributed by atoms with Crippen LogP contribution in [0.25, 0.3) is 10.9 Å². The molecule has 1 aromatic carbocycles. The number of methoxy groups -OCH3 is 1. The van der Waals surface area contributed by atoms with E-state index in [2.05, 4.69) is 10.2 Å². The summed E-state index contributed by atoms with van der Waals surface area (Å²) in [7, 11) is 5.64. The van der Waals surface area contributed by atoms with Crippen molar-refractivity contribution in [3.05, 3.63) is 30.0 Å². The van der Waals surface area contributed by atoms with Gasteiger partial charge in [0.05, 0.1) is 12.6 Å². The molecule has 7 heteroatoms. The zero-order chi connectivity index (χ0) is 21.1. The van der Waals surface area contributed by atoms with Crippen molar-refractivity contribution < 1.29 is 19.1 Å². The number of carbonyl (C=O) groups excluding carboxylic acids is 2. The van der Waals surface area contributed by atoms with Gasteiger partial charge in [-0.05, 0) is 72.0 Å². The normalized spacial score (nSPS) is 12.9. The third kappa shape index (κ3) is 5.48. The molecule has 0 bridgehead atoms. The molecule has 1 aromatic heterocycles. The quantitative estimate of drug-likeness (QED) is 0.821. The largest absolute Gasteiger partial charge is 0.497 e. The Balaban J connectivity index is 2.31. The van der Waals surface area contributed by atoms with Gasteiger partial charge < -0.3 is 19.7 Å². The Morgan fingerprint density at radius 1 is 1.25 bits per heavy atom. The summed E-state index contributed by atoms with van der Waals surface area (Å²) in [6, 6.07) is 4.91. The van der Waals surface area contributed by atoms with Gasteiger partial charge in [0, 0.05) is 18.1 Å². The van der Waals surface area contributed by atoms with Crippen LogP contribution >= 0.6 is 0 Å². The van der Waals surface area contributed by atoms with Crippen LogP contribution in [0.3, 0.4) is 0 Å². The first-order valence-electron chi connectivity index (χ1n) is 9.38. The molecule has 0 aliphatic rings. The van der Waals surface area contributed by atoms with Gasteiger partial charge in [0.25, 0.3) is 5.91 Å². The van der Waals surface area contributed by atoms with Crippen molar-refractivity contribution in [3.8, 4) is 5.75 Å². The summed E-state index contributed by atoms with van der Waals surface area (Å²) in [4.78, 5) is 27.1. The first-order valence-corrected chi connectivity index (χ1v) is 9.38. The molecular formula is C21H31N3O4. The highest BCUT2D eigenvalue weighted by molar-refractivity contribution is 5.98. The predicted molar refractivity (Wildman–Crippen MR) is 110 cm³/mol. The Morgan fingerprint density at radius 2 is 1.93 bits per heavy atom. The van der Waals surface area contributed by atoms with E-state index in [1.165, 1.54) is 0 Å². The van der Waals surface area contributed by atoms with E-state index < -0.39 is 17.7 Å². The second-order valence-electron chi connectivity index (χ2n) is 8.17. The number of aromatic nitrogens is 1. The number of rotatable bonds is 6. The van der Waals surface area contributed by atoms with E-state index in [4.69, 9.17) is 9.47 Å². The lowest BCUT2D eigenvalue weighted by atomic mass is 10.1. The number of nitrogens with zero attached hydrogens (tertiary/aromatic N) is 2. The third-order valence-electron chi connectivity index (χ3n) is 4.26. The van der Waals surface area contributed by atoms with Crippen molar-refractivity contribution in [2.75, 3.05) is 27.7 Å². The van der Waals surface area contributed by atoms with Gasteiger partial charge in [-0.25, -0.2) is 4.79 Å². The minimum Gasteiger partial charge on any atom is -0.497 e. The van der Waals surface area contributed by atoms with E-state index in [9.17, 15) is 9.59 Å². The van der Waals surface area contributed by atoms with Crippen LogP contribution in [0.1, 0.15) is 38.1 Å². The van der Waals surface area contributed by atoms with Crippen LogP contribution in [0.15, 0.2) is 24.4 Å². The zero-order valence-corrected chi connectivity index (χ0v) is 17.8. The summed E-state index contributed by atoms with van der Waals surface area (Å²) in [5, 5.41) is 3.59. The minimum absolute atomic E-state index is 0.225. The van der Waals surface area contributed by atoms with Gasteiger partial charge in [-0.15, -0.1) is 0 Å². The van der Waals surface area contributed by atoms with Crippen molar-refractivity contribution in [1.82, 2.24) is 14.8 Å². The number of ether oxygens (including phenoxy) is 2. The van der Waals surface area contributed by atoms with Gasteiger partial charge in [0.2, 0.25) is 0 Å². The summed E-state index contributed by atoms with van der Waals surface area (Å²) >= 11 is 0. The molecule has 28 heavy (non-hydrogen) atoms. The first kappa shape index (κ1) is 21.8. The van der Waals surface area contributed by atoms with Gasteiger partial charge in [-0.2, -0.15) is 0 Å². The number of amides is 1. The van der Waals surface area contributed by atoms with Gasteiger partial charge in [0.15, 0.2) is 0 Å². The third-order valence-corrected chi connectivity index (χ3v) is 4.26. The highest BCUT2D eigenvalue weighted by Gasteiger charge is 2.24. The number of hydrogen-bond donors (Lipinski definition) is 1. The molecule has 1 unspecified atom stereocenters. The lowest BCUT2D eigenvalue weighted by Gasteiger charge is -2.21. The predicted octanol–water partition coefficient (Wildman–Crippen LogP) is 3.31.